The molecule has 4 N–H and O–H groups in total. The molecule has 0 spiro atoms. The summed E-state index contributed by atoms with van der Waals surface area (Å²) in [4.78, 5) is 26.0. The Kier molecular flexibility index (Phi) is 11.7. The summed E-state index contributed by atoms with van der Waals surface area (Å²) in [5, 5.41) is 25.7. The van der Waals surface area contributed by atoms with Gasteiger partial charge in [-0.15, -0.1) is 0 Å². The number of urea groups is 1. The smallest absolute Gasteiger partial charge is 0.325 e. The van der Waals surface area contributed by atoms with E-state index in [1.54, 1.807) is 25.1 Å². The lowest BCUT2D eigenvalue weighted by atomic mass is 9.98. The Hall–Kier alpha value is -3.80. The number of anilines is 1. The number of nitrogens with zero attached hydrogens (tertiary/aromatic N) is 1. The van der Waals surface area contributed by atoms with Crippen LogP contribution in [-0.4, -0.2) is 66.0 Å². The van der Waals surface area contributed by atoms with Crippen molar-refractivity contribution in [2.24, 2.45) is 0 Å². The van der Waals surface area contributed by atoms with Gasteiger partial charge in [-0.05, 0) is 49.7 Å². The van der Waals surface area contributed by atoms with Crippen LogP contribution in [0.2, 0.25) is 0 Å². The van der Waals surface area contributed by atoms with E-state index in [1.807, 2.05) is 74.6 Å². The lowest BCUT2D eigenvalue weighted by Crippen LogP contribution is -2.43. The molecule has 10 nitrogen and oxygen atoms in total. The standard InChI is InChI=1S/C33H41N3O7/c1-4-41-30(38)19-34-33(40)35-27-12-8-11-26(17-27)32-42-28(18-29(43-32)24-15-13-23(21-37)14-16-24)20-36(3)22(2)31(39)25-9-6-5-7-10-25/h5-17,22,28-29,31-32,37,39H,4,18-21H2,1-3H3,(H2,34,35,40). The molecule has 1 aliphatic heterocycles. The zero-order chi connectivity index (χ0) is 30.8. The van der Waals surface area contributed by atoms with Crippen LogP contribution >= 0.6 is 0 Å². The molecule has 2 amide bonds. The van der Waals surface area contributed by atoms with Crippen molar-refractivity contribution in [1.82, 2.24) is 10.2 Å². The summed E-state index contributed by atoms with van der Waals surface area (Å²) in [5.41, 5.74) is 3.85. The molecular weight excluding hydrogens is 550 g/mol. The fraction of sp³-hybridized carbons (Fsp3) is 0.394. The molecule has 0 bridgehead atoms. The first-order valence-electron chi connectivity index (χ1n) is 14.5. The minimum atomic E-state index is -0.728. The Morgan fingerprint density at radius 1 is 1.02 bits per heavy atom. The van der Waals surface area contributed by atoms with Crippen molar-refractivity contribution in [2.45, 2.75) is 57.5 Å². The zero-order valence-electron chi connectivity index (χ0n) is 24.8. The Morgan fingerprint density at radius 2 is 1.77 bits per heavy atom. The molecule has 230 valence electrons. The van der Waals surface area contributed by atoms with Gasteiger partial charge in [0.05, 0.1) is 31.5 Å². The molecule has 5 unspecified atom stereocenters. The lowest BCUT2D eigenvalue weighted by molar-refractivity contribution is -0.253. The minimum Gasteiger partial charge on any atom is -0.465 e. The van der Waals surface area contributed by atoms with Crippen LogP contribution in [0.4, 0.5) is 10.5 Å². The van der Waals surface area contributed by atoms with Crippen molar-refractivity contribution < 1.29 is 34.0 Å². The predicted molar refractivity (Wildman–Crippen MR) is 162 cm³/mol. The van der Waals surface area contributed by atoms with E-state index in [9.17, 15) is 19.8 Å². The average Bonchev–Trinajstić information content (AvgIpc) is 3.03. The maximum absolute atomic E-state index is 12.4. The van der Waals surface area contributed by atoms with Crippen LogP contribution < -0.4 is 10.6 Å². The van der Waals surface area contributed by atoms with Crippen molar-refractivity contribution in [3.8, 4) is 0 Å². The Bertz CT molecular complexity index is 1320. The van der Waals surface area contributed by atoms with E-state index in [1.165, 1.54) is 0 Å². The van der Waals surface area contributed by atoms with Crippen LogP contribution in [0.25, 0.3) is 0 Å². The Labute approximate surface area is 252 Å². The number of rotatable bonds is 12. The molecule has 0 saturated carbocycles. The van der Waals surface area contributed by atoms with Gasteiger partial charge in [-0.1, -0.05) is 66.7 Å². The van der Waals surface area contributed by atoms with E-state index in [0.717, 1.165) is 16.7 Å². The summed E-state index contributed by atoms with van der Waals surface area (Å²) < 4.78 is 17.8. The summed E-state index contributed by atoms with van der Waals surface area (Å²) in [7, 11) is 1.97. The first kappa shape index (κ1) is 32.1. The van der Waals surface area contributed by atoms with Gasteiger partial charge in [-0.2, -0.15) is 0 Å². The molecule has 43 heavy (non-hydrogen) atoms. The first-order chi connectivity index (χ1) is 20.8. The van der Waals surface area contributed by atoms with Crippen LogP contribution in [0.1, 0.15) is 61.0 Å². The largest absolute Gasteiger partial charge is 0.465 e. The number of likely N-dealkylation sites (N-methyl/N-ethyl adjacent to an activating group) is 1. The number of hydrogen-bond donors (Lipinski definition) is 4. The van der Waals surface area contributed by atoms with E-state index >= 15 is 0 Å². The van der Waals surface area contributed by atoms with Crippen LogP contribution in [-0.2, 0) is 25.6 Å². The van der Waals surface area contributed by atoms with Crippen molar-refractivity contribution >= 4 is 17.7 Å². The number of hydrogen-bond acceptors (Lipinski definition) is 8. The molecule has 0 aromatic heterocycles. The quantitative estimate of drug-likeness (QED) is 0.227. The maximum atomic E-state index is 12.4. The molecule has 10 heteroatoms. The maximum Gasteiger partial charge on any atom is 0.325 e. The Morgan fingerprint density at radius 3 is 2.47 bits per heavy atom. The summed E-state index contributed by atoms with van der Waals surface area (Å²) in [6.45, 7) is 4.19. The highest BCUT2D eigenvalue weighted by Gasteiger charge is 2.34. The van der Waals surface area contributed by atoms with E-state index in [4.69, 9.17) is 14.2 Å². The van der Waals surface area contributed by atoms with Gasteiger partial charge >= 0.3 is 12.0 Å². The monoisotopic (exact) mass is 591 g/mol. The second kappa shape index (κ2) is 15.6. The number of amides is 2. The molecule has 4 rings (SSSR count). The summed E-state index contributed by atoms with van der Waals surface area (Å²) in [6, 6.07) is 23.7. The summed E-state index contributed by atoms with van der Waals surface area (Å²) in [5.74, 6) is -0.518. The third kappa shape index (κ3) is 9.09. The van der Waals surface area contributed by atoms with Gasteiger partial charge in [0.15, 0.2) is 6.29 Å². The number of carbonyl (C=O) groups excluding carboxylic acids is 2. The van der Waals surface area contributed by atoms with Crippen molar-refractivity contribution in [1.29, 1.82) is 0 Å². The highest BCUT2D eigenvalue weighted by atomic mass is 16.7. The molecule has 5 atom stereocenters. The van der Waals surface area contributed by atoms with Gasteiger partial charge < -0.3 is 35.1 Å². The normalized spacial score (nSPS) is 19.8. The molecule has 3 aromatic rings. The average molecular weight is 592 g/mol. The number of aliphatic hydroxyl groups is 2. The van der Waals surface area contributed by atoms with Crippen LogP contribution in [0.3, 0.4) is 0 Å². The van der Waals surface area contributed by atoms with E-state index in [-0.39, 0.29) is 38.0 Å². The second-order valence-corrected chi connectivity index (χ2v) is 10.6. The summed E-state index contributed by atoms with van der Waals surface area (Å²) in [6.07, 6.45) is -1.33. The van der Waals surface area contributed by atoms with Gasteiger partial charge in [-0.25, -0.2) is 4.79 Å². The number of benzene rings is 3. The van der Waals surface area contributed by atoms with Gasteiger partial charge in [0.25, 0.3) is 0 Å². The molecule has 1 aliphatic rings. The van der Waals surface area contributed by atoms with E-state index in [2.05, 4.69) is 15.5 Å². The lowest BCUT2D eigenvalue weighted by Gasteiger charge is -2.39. The Balaban J connectivity index is 1.49. The van der Waals surface area contributed by atoms with E-state index in [0.29, 0.717) is 24.2 Å². The first-order valence-corrected chi connectivity index (χ1v) is 14.5. The molecule has 3 aromatic carbocycles. The number of esters is 1. The van der Waals surface area contributed by atoms with Crippen LogP contribution in [0.5, 0.6) is 0 Å². The predicted octanol–water partition coefficient (Wildman–Crippen LogP) is 4.46. The summed E-state index contributed by atoms with van der Waals surface area (Å²) >= 11 is 0. The van der Waals surface area contributed by atoms with Crippen molar-refractivity contribution in [3.63, 3.8) is 0 Å². The zero-order valence-corrected chi connectivity index (χ0v) is 24.8. The number of aliphatic hydroxyl groups excluding tert-OH is 2. The number of ether oxygens (including phenoxy) is 3. The van der Waals surface area contributed by atoms with Crippen LogP contribution in [0.15, 0.2) is 78.9 Å². The third-order valence-corrected chi connectivity index (χ3v) is 7.52. The minimum absolute atomic E-state index is 0.0419. The van der Waals surface area contributed by atoms with Gasteiger partial charge in [0, 0.05) is 30.3 Å². The molecule has 0 radical (unpaired) electrons. The van der Waals surface area contributed by atoms with Gasteiger partial charge in [-0.3, -0.25) is 9.69 Å². The topological polar surface area (TPSA) is 130 Å². The molecule has 1 heterocycles. The SMILES string of the molecule is CCOC(=O)CNC(=O)Nc1cccc(C2OC(CN(C)C(C)C(O)c3ccccc3)CC(c3ccc(CO)cc3)O2)c1. The molecule has 0 aliphatic carbocycles. The number of carbonyl (C=O) groups is 2. The highest BCUT2D eigenvalue weighted by molar-refractivity contribution is 5.91. The van der Waals surface area contributed by atoms with Crippen molar-refractivity contribution in [2.75, 3.05) is 32.1 Å². The number of nitrogens with one attached hydrogen (secondary N) is 2. The molecule has 1 fully saturated rings. The van der Waals surface area contributed by atoms with Gasteiger partial charge in [0.2, 0.25) is 0 Å². The highest BCUT2D eigenvalue weighted by Crippen LogP contribution is 2.39. The molecule has 1 saturated heterocycles. The fourth-order valence-corrected chi connectivity index (χ4v) is 4.99. The van der Waals surface area contributed by atoms with Gasteiger partial charge in [0.1, 0.15) is 6.54 Å². The third-order valence-electron chi connectivity index (χ3n) is 7.52. The van der Waals surface area contributed by atoms with Crippen LogP contribution in [0, 0.1) is 0 Å². The van der Waals surface area contributed by atoms with E-state index < -0.39 is 24.4 Å². The fourth-order valence-electron chi connectivity index (χ4n) is 4.99. The second-order valence-electron chi connectivity index (χ2n) is 10.6. The van der Waals surface area contributed by atoms with Crippen molar-refractivity contribution in [3.05, 3.63) is 101 Å². The molecular formula is C33H41N3O7.